The molecular formula is C66H97N15O26. The Hall–Kier alpha value is -11.6. The molecule has 0 unspecified atom stereocenters. The minimum absolute atomic E-state index is 0.00871. The predicted octanol–water partition coefficient (Wildman–Crippen LogP) is -6.02. The van der Waals surface area contributed by atoms with Crippen molar-refractivity contribution in [3.8, 4) is 5.75 Å². The lowest BCUT2D eigenvalue weighted by Gasteiger charge is -2.29. The molecule has 2 aromatic carbocycles. The second-order valence-corrected chi connectivity index (χ2v) is 25.7. The molecule has 0 aromatic heterocycles. The lowest BCUT2D eigenvalue weighted by atomic mass is 9.99. The van der Waals surface area contributed by atoms with Crippen LogP contribution < -0.4 is 75.7 Å². The average Bonchev–Trinajstić information content (AvgIpc) is 0.850. The highest BCUT2D eigenvalue weighted by Crippen LogP contribution is 2.16. The van der Waals surface area contributed by atoms with Gasteiger partial charge < -0.3 is 122 Å². The van der Waals surface area contributed by atoms with E-state index in [2.05, 4.69) is 63.5 Å². The number of aliphatic hydroxyl groups is 2. The number of carboxylic acid groups (broad SMARTS) is 6. The van der Waals surface area contributed by atoms with Crippen LogP contribution in [0.5, 0.6) is 5.75 Å². The molecule has 2 aromatic rings. The van der Waals surface area contributed by atoms with E-state index in [-0.39, 0.29) is 49.5 Å². The Labute approximate surface area is 612 Å². The molecular weight excluding hydrogens is 1420 g/mol. The number of nitrogens with one attached hydrogen (secondary N) is 11. The average molecular weight is 1520 g/mol. The zero-order chi connectivity index (χ0) is 80.9. The number of carbonyl (C=O) groups is 17. The molecule has 41 heteroatoms. The van der Waals surface area contributed by atoms with Gasteiger partial charge in [0.15, 0.2) is 5.96 Å². The highest BCUT2D eigenvalue weighted by atomic mass is 16.4. The fraction of sp³-hybridized carbons (Fsp3) is 0.545. The quantitative estimate of drug-likeness (QED) is 0.0167. The lowest BCUT2D eigenvalue weighted by molar-refractivity contribution is -0.143. The van der Waals surface area contributed by atoms with Crippen LogP contribution in [0.4, 0.5) is 0 Å². The van der Waals surface area contributed by atoms with Crippen molar-refractivity contribution in [1.29, 1.82) is 0 Å². The minimum Gasteiger partial charge on any atom is -0.508 e. The number of aliphatic hydroxyl groups excluding tert-OH is 2. The van der Waals surface area contributed by atoms with Crippen LogP contribution >= 0.6 is 0 Å². The number of hydrogen-bond acceptors (Lipinski definition) is 22. The summed E-state index contributed by atoms with van der Waals surface area (Å²) in [6, 6.07) is -9.24. The van der Waals surface area contributed by atoms with Gasteiger partial charge in [-0.25, -0.2) is 4.79 Å². The van der Waals surface area contributed by atoms with E-state index in [0.29, 0.717) is 5.56 Å². The predicted molar refractivity (Wildman–Crippen MR) is 372 cm³/mol. The molecule has 592 valence electrons. The van der Waals surface area contributed by atoms with Gasteiger partial charge in [-0.1, -0.05) is 70.2 Å². The van der Waals surface area contributed by atoms with Crippen molar-refractivity contribution >= 4 is 107 Å². The highest BCUT2D eigenvalue weighted by Gasteiger charge is 2.39. The summed E-state index contributed by atoms with van der Waals surface area (Å²) < 4.78 is 0. The molecule has 0 aliphatic rings. The topological polar surface area (TPSA) is 695 Å². The van der Waals surface area contributed by atoms with Crippen molar-refractivity contribution in [2.24, 2.45) is 34.0 Å². The summed E-state index contributed by atoms with van der Waals surface area (Å²) in [5.41, 5.74) is 16.8. The molecule has 0 radical (unpaired) electrons. The Kier molecular flexibility index (Phi) is 39.5. The zero-order valence-electron chi connectivity index (χ0n) is 59.3. The summed E-state index contributed by atoms with van der Waals surface area (Å²) in [5, 5.41) is 113. The number of benzene rings is 2. The molecule has 13 atom stereocenters. The molecule has 2 rings (SSSR count). The van der Waals surface area contributed by atoms with Crippen LogP contribution in [0.3, 0.4) is 0 Å². The van der Waals surface area contributed by atoms with E-state index in [4.69, 9.17) is 17.2 Å². The summed E-state index contributed by atoms with van der Waals surface area (Å²) >= 11 is 0. The number of hydrogen-bond donors (Lipinski definition) is 23. The second kappa shape index (κ2) is 46.3. The molecule has 0 saturated carbocycles. The summed E-state index contributed by atoms with van der Waals surface area (Å²) in [6.07, 6.45) is -10.3. The van der Waals surface area contributed by atoms with Gasteiger partial charge in [-0.3, -0.25) is 81.7 Å². The van der Waals surface area contributed by atoms with Gasteiger partial charge in [-0.15, -0.1) is 0 Å². The number of rotatable bonds is 50. The molecule has 0 spiro atoms. The third-order valence-corrected chi connectivity index (χ3v) is 15.7. The monoisotopic (exact) mass is 1520 g/mol. The normalized spacial score (nSPS) is 14.7. The van der Waals surface area contributed by atoms with Gasteiger partial charge in [0.1, 0.15) is 78.3 Å². The molecule has 107 heavy (non-hydrogen) atoms. The van der Waals surface area contributed by atoms with Crippen LogP contribution in [0, 0.1) is 11.8 Å². The highest BCUT2D eigenvalue weighted by molar-refractivity contribution is 6.01. The smallest absolute Gasteiger partial charge is 0.326 e. The standard InChI is InChI=1S/C66H97N15O26/c1-31(2)24-41(76-63(104)47(30-82)81-64(105)53(67)33(5)83)57(98)72-39(19-22-50(89)90)56(97)79-46(29-52(93)94)62(103)78-43(26-34-10-7-6-8-11-34)60(101)77-44(27-35-13-15-36(84)16-14-35)59(100)75-42(25-32(3)4)58(99)80-45(28-51(91)92)61(102)73-37(17-20-48(85)86)54(95)71-38(18-21-49(87)88)55(96)74-40(65(106)107)12-9-23-70-66(68)69/h6-8,10-11,13-16,31-33,37-47,53,82-84H,9,12,17-30,67H2,1-5H3,(H,71,95)(H,72,98)(H,73,102)(H,74,96)(H,75,100)(H,76,104)(H,77,101)(H,78,103)(H,79,97)(H,80,99)(H,81,105)(H,85,86)(H,87,88)(H,89,90)(H,91,92)(H,93,94)(H,106,107)(H4,68,69,70)/t33-,37+,38+,39+,40+,41+,42+,43+,44+,45+,46+,47+,53+/m1/s1. The number of carboxylic acids is 6. The van der Waals surface area contributed by atoms with E-state index < -0.39 is 262 Å². The maximum Gasteiger partial charge on any atom is 0.326 e. The number of amides is 11. The lowest BCUT2D eigenvalue weighted by Crippen LogP contribution is -2.61. The Bertz CT molecular complexity index is 3470. The van der Waals surface area contributed by atoms with Gasteiger partial charge in [0, 0.05) is 38.6 Å². The maximum absolute atomic E-state index is 14.8. The number of guanidine groups is 1. The Morgan fingerprint density at radius 1 is 0.383 bits per heavy atom. The van der Waals surface area contributed by atoms with E-state index in [0.717, 1.165) is 0 Å². The molecule has 41 nitrogen and oxygen atoms in total. The molecule has 11 amide bonds. The fourth-order valence-corrected chi connectivity index (χ4v) is 10.1. The molecule has 0 aliphatic carbocycles. The molecule has 0 saturated heterocycles. The first-order valence-corrected chi connectivity index (χ1v) is 33.7. The molecule has 0 aliphatic heterocycles. The van der Waals surface area contributed by atoms with Crippen molar-refractivity contribution in [1.82, 2.24) is 58.5 Å². The zero-order valence-corrected chi connectivity index (χ0v) is 59.3. The van der Waals surface area contributed by atoms with Crippen molar-refractivity contribution < 1.29 is 127 Å². The van der Waals surface area contributed by atoms with Crippen molar-refractivity contribution in [3.63, 3.8) is 0 Å². The Morgan fingerprint density at radius 3 is 1.03 bits per heavy atom. The van der Waals surface area contributed by atoms with Crippen molar-refractivity contribution in [2.75, 3.05) is 13.2 Å². The second-order valence-electron chi connectivity index (χ2n) is 25.7. The number of phenolic OH excluding ortho intramolecular Hbond substituents is 1. The summed E-state index contributed by atoms with van der Waals surface area (Å²) in [4.78, 5) is 230. The maximum atomic E-state index is 14.8. The summed E-state index contributed by atoms with van der Waals surface area (Å²) in [6.45, 7) is 6.47. The van der Waals surface area contributed by atoms with E-state index in [1.54, 1.807) is 33.8 Å². The molecule has 0 fully saturated rings. The summed E-state index contributed by atoms with van der Waals surface area (Å²) in [5.74, 6) is -24.8. The number of nitrogens with two attached hydrogens (primary N) is 3. The van der Waals surface area contributed by atoms with Crippen LogP contribution in [0.2, 0.25) is 0 Å². The van der Waals surface area contributed by atoms with Crippen LogP contribution in [0.15, 0.2) is 59.6 Å². The van der Waals surface area contributed by atoms with Gasteiger partial charge >= 0.3 is 35.8 Å². The fourth-order valence-electron chi connectivity index (χ4n) is 10.1. The van der Waals surface area contributed by atoms with E-state index in [9.17, 15) is 127 Å². The number of nitrogens with zero attached hydrogens (tertiary/aromatic N) is 1. The van der Waals surface area contributed by atoms with E-state index >= 15 is 0 Å². The third kappa shape index (κ3) is 35.6. The van der Waals surface area contributed by atoms with Gasteiger partial charge in [0.25, 0.3) is 0 Å². The minimum atomic E-state index is -2.17. The van der Waals surface area contributed by atoms with Crippen LogP contribution in [-0.4, -0.2) is 244 Å². The number of carbonyl (C=O) groups excluding carboxylic acids is 11. The first-order valence-electron chi connectivity index (χ1n) is 33.7. The first kappa shape index (κ1) is 91.5. The molecule has 0 bridgehead atoms. The van der Waals surface area contributed by atoms with Gasteiger partial charge in [0.2, 0.25) is 65.0 Å². The SMILES string of the molecule is CC(C)C[C@H](NC(=O)[C@H](Cc1ccc(O)cc1)NC(=O)[C@H](Cc1ccccc1)NC(=O)[C@H](CC(=O)O)NC(=O)[C@H](CCC(=O)O)NC(=O)[C@H](CC(C)C)NC(=O)[C@H](CO)NC(=O)[C@@H](N)[C@@H](C)O)C(=O)N[C@@H](CC(=O)O)C(=O)N[C@@H](CCC(=O)O)C(=O)N[C@@H](CCC(=O)O)C(=O)N[C@@H](CCCN=C(N)N)C(=O)O. The van der Waals surface area contributed by atoms with Crippen LogP contribution in [0.1, 0.15) is 123 Å². The Morgan fingerprint density at radius 2 is 0.692 bits per heavy atom. The number of aromatic hydroxyl groups is 1. The van der Waals surface area contributed by atoms with Crippen molar-refractivity contribution in [3.05, 3.63) is 65.7 Å². The number of aliphatic carboxylic acids is 6. The van der Waals surface area contributed by atoms with Gasteiger partial charge in [-0.05, 0) is 87.0 Å². The first-order chi connectivity index (χ1) is 50.1. The largest absolute Gasteiger partial charge is 0.508 e. The number of phenols is 1. The van der Waals surface area contributed by atoms with Crippen molar-refractivity contribution in [2.45, 2.75) is 203 Å². The van der Waals surface area contributed by atoms with Gasteiger partial charge in [-0.2, -0.15) is 0 Å². The van der Waals surface area contributed by atoms with E-state index in [1.807, 2.05) is 0 Å². The van der Waals surface area contributed by atoms with Crippen LogP contribution in [-0.2, 0) is 94.3 Å². The number of aliphatic imine (C=N–C) groups is 1. The third-order valence-electron chi connectivity index (χ3n) is 15.7. The molecule has 0 heterocycles. The molecule has 26 N–H and O–H groups in total. The Balaban J connectivity index is 2.66. The summed E-state index contributed by atoms with van der Waals surface area (Å²) in [7, 11) is 0. The van der Waals surface area contributed by atoms with Gasteiger partial charge in [0.05, 0.1) is 25.6 Å². The van der Waals surface area contributed by atoms with E-state index in [1.165, 1.54) is 55.5 Å². The van der Waals surface area contributed by atoms with Crippen LogP contribution in [0.25, 0.3) is 0 Å².